The Kier molecular flexibility index (Phi) is 4.98. The summed E-state index contributed by atoms with van der Waals surface area (Å²) in [5.74, 6) is 0. The number of carbonyl (C=O) groups excluding carboxylic acids is 1. The van der Waals surface area contributed by atoms with Crippen LogP contribution in [0.1, 0.15) is 25.7 Å². The zero-order valence-corrected chi connectivity index (χ0v) is 12.9. The zero-order chi connectivity index (χ0) is 14.7. The lowest BCUT2D eigenvalue weighted by Crippen LogP contribution is -2.61. The molecule has 1 unspecified atom stereocenters. The van der Waals surface area contributed by atoms with E-state index in [2.05, 4.69) is 10.2 Å². The van der Waals surface area contributed by atoms with Crippen molar-refractivity contribution in [2.75, 3.05) is 46.5 Å². The van der Waals surface area contributed by atoms with Gasteiger partial charge in [-0.25, -0.2) is 4.79 Å². The van der Waals surface area contributed by atoms with Gasteiger partial charge in [0.25, 0.3) is 0 Å². The Morgan fingerprint density at radius 3 is 2.95 bits per heavy atom. The monoisotopic (exact) mass is 297 g/mol. The number of ether oxygens (including phenoxy) is 2. The van der Waals surface area contributed by atoms with Crippen LogP contribution in [0.15, 0.2) is 0 Å². The van der Waals surface area contributed by atoms with Crippen LogP contribution in [0.2, 0.25) is 0 Å². The first kappa shape index (κ1) is 15.1. The molecule has 1 N–H and O–H groups in total. The molecule has 0 bridgehead atoms. The second kappa shape index (κ2) is 6.94. The average molecular weight is 297 g/mol. The van der Waals surface area contributed by atoms with Gasteiger partial charge in [-0.3, -0.25) is 4.90 Å². The molecule has 21 heavy (non-hydrogen) atoms. The third-order valence-electron chi connectivity index (χ3n) is 5.04. The first-order valence-corrected chi connectivity index (χ1v) is 8.18. The maximum absolute atomic E-state index is 12.5. The molecule has 120 valence electrons. The molecular weight excluding hydrogens is 270 g/mol. The Morgan fingerprint density at radius 2 is 2.10 bits per heavy atom. The van der Waals surface area contributed by atoms with Gasteiger partial charge in [0.05, 0.1) is 31.4 Å². The van der Waals surface area contributed by atoms with E-state index in [0.717, 1.165) is 52.2 Å². The standard InChI is InChI=1S/C15H27N3O3/c1-20-14-5-3-2-4-13(14)16-15(19)18-7-6-17-8-9-21-11-12(17)10-18/h12-14H,2-11H2,1H3,(H,16,19)/t12?,13-,14-/m0/s1. The van der Waals surface area contributed by atoms with Crippen LogP contribution in [0.3, 0.4) is 0 Å². The summed E-state index contributed by atoms with van der Waals surface area (Å²) >= 11 is 0. The van der Waals surface area contributed by atoms with Crippen molar-refractivity contribution in [3.63, 3.8) is 0 Å². The largest absolute Gasteiger partial charge is 0.379 e. The molecule has 3 fully saturated rings. The number of methoxy groups -OCH3 is 1. The van der Waals surface area contributed by atoms with Crippen LogP contribution >= 0.6 is 0 Å². The number of piperazine rings is 1. The smallest absolute Gasteiger partial charge is 0.317 e. The van der Waals surface area contributed by atoms with E-state index in [1.807, 2.05) is 4.90 Å². The van der Waals surface area contributed by atoms with Crippen molar-refractivity contribution in [3.8, 4) is 0 Å². The molecule has 0 aromatic rings. The maximum Gasteiger partial charge on any atom is 0.317 e. The van der Waals surface area contributed by atoms with Crippen molar-refractivity contribution >= 4 is 6.03 Å². The van der Waals surface area contributed by atoms with Crippen LogP contribution in [0.5, 0.6) is 0 Å². The number of hydrogen-bond donors (Lipinski definition) is 1. The van der Waals surface area contributed by atoms with Crippen LogP contribution < -0.4 is 5.32 Å². The number of rotatable bonds is 2. The lowest BCUT2D eigenvalue weighted by atomic mass is 9.92. The quantitative estimate of drug-likeness (QED) is 0.814. The molecule has 0 aromatic carbocycles. The van der Waals surface area contributed by atoms with Gasteiger partial charge in [0, 0.05) is 33.3 Å². The number of nitrogens with zero attached hydrogens (tertiary/aromatic N) is 2. The Bertz CT molecular complexity index is 366. The van der Waals surface area contributed by atoms with Crippen LogP contribution in [0.25, 0.3) is 0 Å². The predicted molar refractivity (Wildman–Crippen MR) is 79.3 cm³/mol. The Morgan fingerprint density at radius 1 is 1.24 bits per heavy atom. The second-order valence-electron chi connectivity index (χ2n) is 6.33. The van der Waals surface area contributed by atoms with Gasteiger partial charge in [-0.05, 0) is 12.8 Å². The molecule has 0 aromatic heterocycles. The van der Waals surface area contributed by atoms with E-state index in [1.165, 1.54) is 12.8 Å². The number of hydrogen-bond acceptors (Lipinski definition) is 4. The molecule has 6 heteroatoms. The van der Waals surface area contributed by atoms with Crippen molar-refractivity contribution in [2.45, 2.75) is 43.9 Å². The lowest BCUT2D eigenvalue weighted by Gasteiger charge is -2.44. The minimum atomic E-state index is 0.0640. The van der Waals surface area contributed by atoms with E-state index >= 15 is 0 Å². The van der Waals surface area contributed by atoms with Gasteiger partial charge in [0.1, 0.15) is 0 Å². The third kappa shape index (κ3) is 3.49. The molecule has 2 aliphatic heterocycles. The minimum absolute atomic E-state index is 0.0640. The van der Waals surface area contributed by atoms with Crippen molar-refractivity contribution in [1.29, 1.82) is 0 Å². The summed E-state index contributed by atoms with van der Waals surface area (Å²) in [6.07, 6.45) is 4.61. The summed E-state index contributed by atoms with van der Waals surface area (Å²) in [6.45, 7) is 5.10. The molecule has 2 saturated heterocycles. The summed E-state index contributed by atoms with van der Waals surface area (Å²) < 4.78 is 11.0. The fourth-order valence-electron chi connectivity index (χ4n) is 3.72. The highest BCUT2D eigenvalue weighted by molar-refractivity contribution is 5.74. The first-order chi connectivity index (χ1) is 10.3. The van der Waals surface area contributed by atoms with Crippen LogP contribution in [0.4, 0.5) is 4.79 Å². The Balaban J connectivity index is 1.53. The molecule has 2 amide bonds. The predicted octanol–water partition coefficient (Wildman–Crippen LogP) is 0.670. The number of nitrogens with one attached hydrogen (secondary N) is 1. The first-order valence-electron chi connectivity index (χ1n) is 8.18. The number of amides is 2. The number of carbonyl (C=O) groups is 1. The summed E-state index contributed by atoms with van der Waals surface area (Å²) in [7, 11) is 1.74. The molecule has 1 aliphatic carbocycles. The van der Waals surface area contributed by atoms with Gasteiger partial charge >= 0.3 is 6.03 Å². The highest BCUT2D eigenvalue weighted by Crippen LogP contribution is 2.21. The van der Waals surface area contributed by atoms with Crippen molar-refractivity contribution in [1.82, 2.24) is 15.1 Å². The Labute approximate surface area is 126 Å². The average Bonchev–Trinajstić information content (AvgIpc) is 2.55. The molecular formula is C15H27N3O3. The van der Waals surface area contributed by atoms with Gasteiger partial charge < -0.3 is 19.7 Å². The van der Waals surface area contributed by atoms with Crippen LogP contribution in [0, 0.1) is 0 Å². The van der Waals surface area contributed by atoms with E-state index in [9.17, 15) is 4.79 Å². The SMILES string of the molecule is CO[C@H]1CCCC[C@@H]1NC(=O)N1CCN2CCOCC2C1. The molecule has 2 heterocycles. The van der Waals surface area contributed by atoms with E-state index in [4.69, 9.17) is 9.47 Å². The molecule has 0 radical (unpaired) electrons. The Hall–Kier alpha value is -0.850. The molecule has 0 spiro atoms. The van der Waals surface area contributed by atoms with E-state index < -0.39 is 0 Å². The number of morpholine rings is 1. The molecule has 3 rings (SSSR count). The normalized spacial score (nSPS) is 34.3. The van der Waals surface area contributed by atoms with E-state index in [-0.39, 0.29) is 18.2 Å². The summed E-state index contributed by atoms with van der Waals surface area (Å²) in [5, 5.41) is 3.19. The maximum atomic E-state index is 12.5. The number of urea groups is 1. The molecule has 3 atom stereocenters. The minimum Gasteiger partial charge on any atom is -0.379 e. The summed E-state index contributed by atoms with van der Waals surface area (Å²) in [6, 6.07) is 0.592. The van der Waals surface area contributed by atoms with Crippen LogP contribution in [-0.2, 0) is 9.47 Å². The van der Waals surface area contributed by atoms with Crippen molar-refractivity contribution in [2.24, 2.45) is 0 Å². The highest BCUT2D eigenvalue weighted by Gasteiger charge is 2.33. The number of fused-ring (bicyclic) bond motifs is 1. The van der Waals surface area contributed by atoms with Crippen molar-refractivity contribution in [3.05, 3.63) is 0 Å². The van der Waals surface area contributed by atoms with Gasteiger partial charge in [-0.1, -0.05) is 12.8 Å². The van der Waals surface area contributed by atoms with Crippen molar-refractivity contribution < 1.29 is 14.3 Å². The fraction of sp³-hybridized carbons (Fsp3) is 0.933. The fourth-order valence-corrected chi connectivity index (χ4v) is 3.72. The summed E-state index contributed by atoms with van der Waals surface area (Å²) in [4.78, 5) is 16.9. The van der Waals surface area contributed by atoms with Gasteiger partial charge in [-0.2, -0.15) is 0 Å². The van der Waals surface area contributed by atoms with Gasteiger partial charge in [0.2, 0.25) is 0 Å². The third-order valence-corrected chi connectivity index (χ3v) is 5.04. The zero-order valence-electron chi connectivity index (χ0n) is 12.9. The lowest BCUT2D eigenvalue weighted by molar-refractivity contribution is -0.0373. The van der Waals surface area contributed by atoms with Gasteiger partial charge in [-0.15, -0.1) is 0 Å². The van der Waals surface area contributed by atoms with Crippen LogP contribution in [-0.4, -0.2) is 80.5 Å². The van der Waals surface area contributed by atoms with E-state index in [0.29, 0.717) is 6.04 Å². The highest BCUT2D eigenvalue weighted by atomic mass is 16.5. The topological polar surface area (TPSA) is 54.0 Å². The molecule has 3 aliphatic rings. The molecule has 6 nitrogen and oxygen atoms in total. The summed E-state index contributed by atoms with van der Waals surface area (Å²) in [5.41, 5.74) is 0. The molecule has 1 saturated carbocycles. The van der Waals surface area contributed by atoms with E-state index in [1.54, 1.807) is 7.11 Å². The second-order valence-corrected chi connectivity index (χ2v) is 6.33. The van der Waals surface area contributed by atoms with Gasteiger partial charge in [0.15, 0.2) is 0 Å².